The summed E-state index contributed by atoms with van der Waals surface area (Å²) in [4.78, 5) is 14.6. The van der Waals surface area contributed by atoms with Gasteiger partial charge in [0.2, 0.25) is 0 Å². The number of aromatic nitrogens is 3. The van der Waals surface area contributed by atoms with Crippen LogP contribution in [0.1, 0.15) is 45.6 Å². The quantitative estimate of drug-likeness (QED) is 0.204. The standard InChI is InChI=1S/C38H35N5O/c1-37(2,3)26-15-17-39-35(18-26)43-32-11-5-4-10-30(32)31-14-13-29(20-34(31)43)44-28-9-6-8-27(19-28)41-24-42(38-21-25(22-38)23-38)33-12-7-16-40-36(33)41/h4-20,25H,21-24H2,1-3H3. The van der Waals surface area contributed by atoms with Crippen molar-refractivity contribution < 1.29 is 4.74 Å². The van der Waals surface area contributed by atoms with Crippen molar-refractivity contribution in [1.29, 1.82) is 0 Å². The van der Waals surface area contributed by atoms with Gasteiger partial charge >= 0.3 is 0 Å². The Labute approximate surface area is 257 Å². The van der Waals surface area contributed by atoms with E-state index in [4.69, 9.17) is 14.7 Å². The highest BCUT2D eigenvalue weighted by molar-refractivity contribution is 6.09. The van der Waals surface area contributed by atoms with Gasteiger partial charge in [0.15, 0.2) is 5.82 Å². The number of ether oxygens (including phenoxy) is 1. The van der Waals surface area contributed by atoms with E-state index in [1.807, 2.05) is 18.5 Å². The lowest BCUT2D eigenvalue weighted by atomic mass is 9.49. The van der Waals surface area contributed by atoms with E-state index in [1.165, 1.54) is 41.3 Å². The summed E-state index contributed by atoms with van der Waals surface area (Å²) in [6, 6.07) is 31.9. The van der Waals surface area contributed by atoms with E-state index in [0.717, 1.165) is 52.4 Å². The van der Waals surface area contributed by atoms with Gasteiger partial charge in [-0.25, -0.2) is 9.97 Å². The van der Waals surface area contributed by atoms with Crippen LogP contribution in [0, 0.1) is 5.92 Å². The lowest BCUT2D eigenvalue weighted by Gasteiger charge is -2.66. The molecule has 6 aromatic rings. The van der Waals surface area contributed by atoms with Crippen LogP contribution in [0.4, 0.5) is 17.2 Å². The van der Waals surface area contributed by atoms with Crippen LogP contribution in [0.2, 0.25) is 0 Å². The molecule has 3 aromatic carbocycles. The number of anilines is 3. The fourth-order valence-corrected chi connectivity index (χ4v) is 7.58. The summed E-state index contributed by atoms with van der Waals surface area (Å²) >= 11 is 0. The molecule has 0 radical (unpaired) electrons. The molecule has 0 unspecified atom stereocenters. The third kappa shape index (κ3) is 3.79. The first-order valence-electron chi connectivity index (χ1n) is 15.6. The molecule has 3 saturated carbocycles. The van der Waals surface area contributed by atoms with Gasteiger partial charge in [0.25, 0.3) is 0 Å². The van der Waals surface area contributed by atoms with E-state index in [2.05, 4.69) is 120 Å². The first-order chi connectivity index (χ1) is 21.4. The molecule has 2 bridgehead atoms. The molecule has 0 N–H and O–H groups in total. The molecule has 44 heavy (non-hydrogen) atoms. The maximum atomic E-state index is 6.58. The highest BCUT2D eigenvalue weighted by atomic mass is 16.5. The van der Waals surface area contributed by atoms with Crippen LogP contribution in [0.5, 0.6) is 11.5 Å². The molecule has 4 aliphatic rings. The first kappa shape index (κ1) is 25.6. The summed E-state index contributed by atoms with van der Waals surface area (Å²) in [5.41, 5.74) is 6.16. The molecule has 10 rings (SSSR count). The highest BCUT2D eigenvalue weighted by Gasteiger charge is 2.61. The smallest absolute Gasteiger partial charge is 0.158 e. The molecule has 0 amide bonds. The van der Waals surface area contributed by atoms with Gasteiger partial charge in [0.05, 0.1) is 23.4 Å². The van der Waals surface area contributed by atoms with Gasteiger partial charge in [0, 0.05) is 46.5 Å². The fraction of sp³-hybridized carbons (Fsp3) is 0.263. The minimum Gasteiger partial charge on any atom is -0.457 e. The summed E-state index contributed by atoms with van der Waals surface area (Å²) in [6.07, 6.45) is 7.76. The molecule has 3 fully saturated rings. The molecule has 6 nitrogen and oxygen atoms in total. The van der Waals surface area contributed by atoms with E-state index in [9.17, 15) is 0 Å². The van der Waals surface area contributed by atoms with Crippen molar-refractivity contribution in [3.8, 4) is 17.3 Å². The third-order valence-electron chi connectivity index (χ3n) is 10.0. The number of para-hydroxylation sites is 1. The van der Waals surface area contributed by atoms with Crippen molar-refractivity contribution in [1.82, 2.24) is 14.5 Å². The average Bonchev–Trinajstić information content (AvgIpc) is 3.52. The van der Waals surface area contributed by atoms with Crippen molar-refractivity contribution in [2.24, 2.45) is 5.92 Å². The predicted molar refractivity (Wildman–Crippen MR) is 178 cm³/mol. The topological polar surface area (TPSA) is 46.4 Å². The zero-order valence-electron chi connectivity index (χ0n) is 25.4. The molecule has 218 valence electrons. The second kappa shape index (κ2) is 9.08. The Morgan fingerprint density at radius 2 is 1.57 bits per heavy atom. The molecular formula is C38H35N5O. The monoisotopic (exact) mass is 577 g/mol. The van der Waals surface area contributed by atoms with E-state index >= 15 is 0 Å². The second-order valence-corrected chi connectivity index (χ2v) is 13.8. The minimum atomic E-state index is 0.0238. The summed E-state index contributed by atoms with van der Waals surface area (Å²) < 4.78 is 8.84. The van der Waals surface area contributed by atoms with Crippen LogP contribution in [-0.4, -0.2) is 26.7 Å². The third-order valence-corrected chi connectivity index (χ3v) is 10.0. The van der Waals surface area contributed by atoms with Gasteiger partial charge in [-0.15, -0.1) is 0 Å². The lowest BCUT2D eigenvalue weighted by molar-refractivity contribution is -0.0233. The predicted octanol–water partition coefficient (Wildman–Crippen LogP) is 9.13. The lowest BCUT2D eigenvalue weighted by Crippen LogP contribution is -2.68. The Morgan fingerprint density at radius 3 is 2.39 bits per heavy atom. The summed E-state index contributed by atoms with van der Waals surface area (Å²) in [5, 5.41) is 2.38. The molecule has 1 aliphatic heterocycles. The van der Waals surface area contributed by atoms with E-state index in [-0.39, 0.29) is 5.41 Å². The van der Waals surface area contributed by atoms with E-state index in [1.54, 1.807) is 0 Å². The minimum absolute atomic E-state index is 0.0238. The van der Waals surface area contributed by atoms with Crippen molar-refractivity contribution in [2.45, 2.75) is 51.0 Å². The molecule has 4 heterocycles. The zero-order valence-corrected chi connectivity index (χ0v) is 25.4. The van der Waals surface area contributed by atoms with Crippen molar-refractivity contribution in [3.05, 3.63) is 109 Å². The SMILES string of the molecule is CC(C)(C)c1ccnc(-n2c3ccccc3c3ccc(Oc4cccc(N5CN(C67CC(C6)C7)c6cccnc65)c4)cc32)c1. The number of rotatable bonds is 5. The van der Waals surface area contributed by atoms with Crippen molar-refractivity contribution in [2.75, 3.05) is 16.5 Å². The van der Waals surface area contributed by atoms with Gasteiger partial charge in [-0.2, -0.15) is 0 Å². The first-order valence-corrected chi connectivity index (χ1v) is 15.6. The summed E-state index contributed by atoms with van der Waals surface area (Å²) in [7, 11) is 0. The fourth-order valence-electron chi connectivity index (χ4n) is 7.58. The van der Waals surface area contributed by atoms with Crippen LogP contribution in [0.3, 0.4) is 0 Å². The number of hydrogen-bond donors (Lipinski definition) is 0. The maximum Gasteiger partial charge on any atom is 0.158 e. The van der Waals surface area contributed by atoms with Gasteiger partial charge in [-0.05, 0) is 90.8 Å². The highest BCUT2D eigenvalue weighted by Crippen LogP contribution is 2.63. The molecule has 6 heteroatoms. The Hall–Kier alpha value is -4.84. The van der Waals surface area contributed by atoms with E-state index in [0.29, 0.717) is 5.54 Å². The Kier molecular flexibility index (Phi) is 5.29. The van der Waals surface area contributed by atoms with E-state index < -0.39 is 0 Å². The van der Waals surface area contributed by atoms with Crippen LogP contribution >= 0.6 is 0 Å². The van der Waals surface area contributed by atoms with Crippen LogP contribution in [0.15, 0.2) is 103 Å². The van der Waals surface area contributed by atoms with Crippen LogP contribution < -0.4 is 14.5 Å². The van der Waals surface area contributed by atoms with Gasteiger partial charge in [0.1, 0.15) is 17.3 Å². The molecule has 0 saturated heterocycles. The summed E-state index contributed by atoms with van der Waals surface area (Å²) in [6.45, 7) is 7.54. The zero-order chi connectivity index (χ0) is 29.6. The second-order valence-electron chi connectivity index (χ2n) is 13.8. The van der Waals surface area contributed by atoms with Crippen molar-refractivity contribution >= 4 is 39.0 Å². The molecular weight excluding hydrogens is 542 g/mol. The number of nitrogens with zero attached hydrogens (tertiary/aromatic N) is 5. The van der Waals surface area contributed by atoms with Gasteiger partial charge in [-0.1, -0.05) is 45.0 Å². The Morgan fingerprint density at radius 1 is 0.750 bits per heavy atom. The normalized spacial score (nSPS) is 20.5. The number of benzene rings is 3. The molecule has 0 spiro atoms. The molecule has 0 atom stereocenters. The number of hydrogen-bond acceptors (Lipinski definition) is 5. The summed E-state index contributed by atoms with van der Waals surface area (Å²) in [5.74, 6) is 4.47. The maximum absolute atomic E-state index is 6.58. The van der Waals surface area contributed by atoms with Gasteiger partial charge < -0.3 is 14.5 Å². The molecule has 3 aliphatic carbocycles. The average molecular weight is 578 g/mol. The van der Waals surface area contributed by atoms with Crippen molar-refractivity contribution in [3.63, 3.8) is 0 Å². The van der Waals surface area contributed by atoms with Crippen LogP contribution in [-0.2, 0) is 5.41 Å². The van der Waals surface area contributed by atoms with Crippen LogP contribution in [0.25, 0.3) is 27.6 Å². The largest absolute Gasteiger partial charge is 0.457 e. The number of pyridine rings is 2. The Bertz CT molecular complexity index is 2070. The Balaban J connectivity index is 1.08. The number of fused-ring (bicyclic) bond motifs is 4. The van der Waals surface area contributed by atoms with Gasteiger partial charge in [-0.3, -0.25) is 4.57 Å². The molecule has 3 aromatic heterocycles.